The van der Waals surface area contributed by atoms with Crippen LogP contribution in [-0.4, -0.2) is 20.2 Å². The molecule has 1 heterocycles. The molecule has 17 heavy (non-hydrogen) atoms. The number of aromatic nitrogens is 4. The van der Waals surface area contributed by atoms with Gasteiger partial charge in [0.25, 0.3) is 0 Å². The normalized spacial score (nSPS) is 11.8. The van der Waals surface area contributed by atoms with Gasteiger partial charge in [-0.05, 0) is 22.6 Å². The molecule has 1 aromatic heterocycles. The molecule has 0 aliphatic carbocycles. The van der Waals surface area contributed by atoms with E-state index in [1.54, 1.807) is 12.1 Å². The Balaban J connectivity index is 2.66. The Morgan fingerprint density at radius 2 is 2.00 bits per heavy atom. The van der Waals surface area contributed by atoms with Gasteiger partial charge in [0.2, 0.25) is 0 Å². The van der Waals surface area contributed by atoms with Crippen LogP contribution in [-0.2, 0) is 5.41 Å². The number of tetrazole rings is 1. The van der Waals surface area contributed by atoms with E-state index in [1.807, 2.05) is 20.8 Å². The summed E-state index contributed by atoms with van der Waals surface area (Å²) in [4.78, 5) is 0. The molecule has 0 saturated carbocycles. The molecule has 1 aromatic carbocycles. The summed E-state index contributed by atoms with van der Waals surface area (Å²) in [6.07, 6.45) is 0. The van der Waals surface area contributed by atoms with E-state index in [2.05, 4.69) is 15.5 Å². The van der Waals surface area contributed by atoms with Crippen LogP contribution >= 0.6 is 0 Å². The van der Waals surface area contributed by atoms with Gasteiger partial charge >= 0.3 is 0 Å². The van der Waals surface area contributed by atoms with Gasteiger partial charge < -0.3 is 5.73 Å². The molecule has 90 valence electrons. The number of nitrogens with two attached hydrogens (primary N) is 1. The zero-order valence-corrected chi connectivity index (χ0v) is 9.98. The van der Waals surface area contributed by atoms with E-state index in [-0.39, 0.29) is 11.1 Å². The number of halogens is 1. The molecule has 0 fully saturated rings. The molecule has 0 amide bonds. The Hall–Kier alpha value is -1.98. The highest BCUT2D eigenvalue weighted by atomic mass is 19.1. The number of anilines is 1. The topological polar surface area (TPSA) is 69.6 Å². The largest absolute Gasteiger partial charge is 0.397 e. The van der Waals surface area contributed by atoms with Crippen molar-refractivity contribution in [2.45, 2.75) is 26.2 Å². The van der Waals surface area contributed by atoms with Gasteiger partial charge in [-0.2, -0.15) is 4.68 Å². The Kier molecular flexibility index (Phi) is 2.57. The molecule has 0 atom stereocenters. The molecule has 5 nitrogen and oxygen atoms in total. The Morgan fingerprint density at radius 3 is 2.59 bits per heavy atom. The van der Waals surface area contributed by atoms with Gasteiger partial charge in [-0.1, -0.05) is 26.8 Å². The number of benzene rings is 1. The smallest absolute Gasteiger partial charge is 0.162 e. The fourth-order valence-electron chi connectivity index (χ4n) is 1.56. The lowest BCUT2D eigenvalue weighted by Gasteiger charge is -2.18. The second kappa shape index (κ2) is 3.80. The Labute approximate surface area is 98.4 Å². The molecular formula is C11H14FN5. The molecule has 6 heteroatoms. The maximum absolute atomic E-state index is 13.8. The van der Waals surface area contributed by atoms with Crippen molar-refractivity contribution in [2.75, 3.05) is 5.73 Å². The van der Waals surface area contributed by atoms with Crippen molar-refractivity contribution in [3.63, 3.8) is 0 Å². The van der Waals surface area contributed by atoms with Gasteiger partial charge in [0.15, 0.2) is 11.6 Å². The summed E-state index contributed by atoms with van der Waals surface area (Å²) >= 11 is 0. The van der Waals surface area contributed by atoms with Gasteiger partial charge in [0, 0.05) is 5.41 Å². The molecule has 0 radical (unpaired) electrons. The highest BCUT2D eigenvalue weighted by Crippen LogP contribution is 2.26. The van der Waals surface area contributed by atoms with Crippen LogP contribution in [0.15, 0.2) is 18.2 Å². The first-order valence-corrected chi connectivity index (χ1v) is 5.24. The quantitative estimate of drug-likeness (QED) is 0.763. The van der Waals surface area contributed by atoms with Crippen LogP contribution in [0, 0.1) is 5.82 Å². The van der Waals surface area contributed by atoms with Crippen LogP contribution in [0.3, 0.4) is 0 Å². The highest BCUT2D eigenvalue weighted by molar-refractivity contribution is 5.58. The van der Waals surface area contributed by atoms with Crippen LogP contribution in [0.2, 0.25) is 0 Å². The van der Waals surface area contributed by atoms with Gasteiger partial charge in [-0.15, -0.1) is 5.10 Å². The van der Waals surface area contributed by atoms with Crippen LogP contribution in [0.1, 0.15) is 26.6 Å². The average Bonchev–Trinajstić information content (AvgIpc) is 2.65. The number of hydrogen-bond donors (Lipinski definition) is 1. The third-order valence-electron chi connectivity index (χ3n) is 2.37. The first kappa shape index (κ1) is 11.5. The Bertz CT molecular complexity index is 521. The van der Waals surface area contributed by atoms with E-state index in [9.17, 15) is 4.39 Å². The molecular weight excluding hydrogens is 221 g/mol. The monoisotopic (exact) mass is 235 g/mol. The molecule has 0 aliphatic rings. The van der Waals surface area contributed by atoms with E-state index in [0.29, 0.717) is 11.5 Å². The summed E-state index contributed by atoms with van der Waals surface area (Å²) < 4.78 is 15.1. The first-order valence-electron chi connectivity index (χ1n) is 5.24. The second-order valence-electron chi connectivity index (χ2n) is 4.84. The van der Waals surface area contributed by atoms with Crippen molar-refractivity contribution in [2.24, 2.45) is 0 Å². The number of hydrogen-bond acceptors (Lipinski definition) is 4. The van der Waals surface area contributed by atoms with Gasteiger partial charge in [0.1, 0.15) is 5.69 Å². The van der Waals surface area contributed by atoms with E-state index in [1.165, 1.54) is 10.7 Å². The summed E-state index contributed by atoms with van der Waals surface area (Å²) in [6.45, 7) is 5.85. The predicted octanol–water partition coefficient (Wildman–Crippen LogP) is 1.68. The zero-order chi connectivity index (χ0) is 12.6. The molecule has 0 bridgehead atoms. The van der Waals surface area contributed by atoms with E-state index in [0.717, 1.165) is 0 Å². The number of nitrogens with zero attached hydrogens (tertiary/aromatic N) is 4. The maximum atomic E-state index is 13.8. The van der Waals surface area contributed by atoms with Gasteiger partial charge in [-0.3, -0.25) is 0 Å². The van der Waals surface area contributed by atoms with Crippen molar-refractivity contribution in [3.8, 4) is 5.69 Å². The minimum Gasteiger partial charge on any atom is -0.397 e. The summed E-state index contributed by atoms with van der Waals surface area (Å²) in [6, 6.07) is 4.50. The second-order valence-corrected chi connectivity index (χ2v) is 4.84. The number of nitrogen functional groups attached to an aromatic ring is 1. The van der Waals surface area contributed by atoms with Crippen molar-refractivity contribution in [3.05, 3.63) is 29.8 Å². The summed E-state index contributed by atoms with van der Waals surface area (Å²) in [5, 5.41) is 11.3. The lowest BCUT2D eigenvalue weighted by atomic mass is 9.95. The van der Waals surface area contributed by atoms with E-state index < -0.39 is 5.82 Å². The van der Waals surface area contributed by atoms with Crippen LogP contribution < -0.4 is 5.73 Å². The third-order valence-corrected chi connectivity index (χ3v) is 2.37. The molecule has 0 aliphatic heterocycles. The standard InChI is InChI=1S/C11H14FN5/c1-11(2,3)10-14-15-16-17(10)9-7(12)5-4-6-8(9)13/h4-6H,13H2,1-3H3. The lowest BCUT2D eigenvalue weighted by molar-refractivity contribution is 0.518. The molecule has 0 saturated heterocycles. The van der Waals surface area contributed by atoms with Crippen molar-refractivity contribution < 1.29 is 4.39 Å². The van der Waals surface area contributed by atoms with Crippen molar-refractivity contribution in [1.82, 2.24) is 20.2 Å². The lowest BCUT2D eigenvalue weighted by Crippen LogP contribution is -2.20. The van der Waals surface area contributed by atoms with Crippen molar-refractivity contribution in [1.29, 1.82) is 0 Å². The van der Waals surface area contributed by atoms with E-state index >= 15 is 0 Å². The zero-order valence-electron chi connectivity index (χ0n) is 9.98. The van der Waals surface area contributed by atoms with Crippen LogP contribution in [0.5, 0.6) is 0 Å². The Morgan fingerprint density at radius 1 is 1.29 bits per heavy atom. The summed E-state index contributed by atoms with van der Waals surface area (Å²) in [5.74, 6) is 0.122. The molecule has 0 unspecified atom stereocenters. The minimum absolute atomic E-state index is 0.197. The summed E-state index contributed by atoms with van der Waals surface area (Å²) in [5.41, 5.74) is 5.98. The number of rotatable bonds is 1. The third kappa shape index (κ3) is 1.98. The van der Waals surface area contributed by atoms with Crippen LogP contribution in [0.4, 0.5) is 10.1 Å². The molecule has 0 spiro atoms. The minimum atomic E-state index is -0.442. The van der Waals surface area contributed by atoms with Gasteiger partial charge in [0.05, 0.1) is 5.69 Å². The molecule has 2 N–H and O–H groups in total. The first-order chi connectivity index (χ1) is 7.91. The van der Waals surface area contributed by atoms with Gasteiger partial charge in [-0.25, -0.2) is 4.39 Å². The maximum Gasteiger partial charge on any atom is 0.162 e. The van der Waals surface area contributed by atoms with Crippen LogP contribution in [0.25, 0.3) is 5.69 Å². The highest BCUT2D eigenvalue weighted by Gasteiger charge is 2.25. The number of para-hydroxylation sites is 1. The molecule has 2 rings (SSSR count). The van der Waals surface area contributed by atoms with E-state index in [4.69, 9.17) is 5.73 Å². The SMILES string of the molecule is CC(C)(C)c1nnnn1-c1c(N)cccc1F. The summed E-state index contributed by atoms with van der Waals surface area (Å²) in [7, 11) is 0. The fraction of sp³-hybridized carbons (Fsp3) is 0.364. The fourth-order valence-corrected chi connectivity index (χ4v) is 1.56. The predicted molar refractivity (Wildman–Crippen MR) is 62.2 cm³/mol. The molecule has 2 aromatic rings. The average molecular weight is 235 g/mol. The van der Waals surface area contributed by atoms with Crippen molar-refractivity contribution >= 4 is 5.69 Å².